The van der Waals surface area contributed by atoms with Gasteiger partial charge in [0.15, 0.2) is 9.84 Å². The fraction of sp³-hybridized carbons (Fsp3) is 0.467. The molecule has 0 atom stereocenters. The molecule has 10 heteroatoms. The first kappa shape index (κ1) is 31.1. The molecule has 0 fully saturated rings. The molecule has 0 bridgehead atoms. The van der Waals surface area contributed by atoms with Crippen LogP contribution in [0.1, 0.15) is 61.0 Å². The zero-order valence-corrected chi connectivity index (χ0v) is 25.5. The van der Waals surface area contributed by atoms with Crippen molar-refractivity contribution in [2.75, 3.05) is 13.1 Å². The number of nitrogens with one attached hydrogen (secondary N) is 2. The van der Waals surface area contributed by atoms with E-state index >= 15 is 0 Å². The number of hydrogen-bond donors (Lipinski definition) is 2. The van der Waals surface area contributed by atoms with E-state index in [4.69, 9.17) is 4.74 Å². The Morgan fingerprint density at radius 3 is 1.98 bits per heavy atom. The third kappa shape index (κ3) is 7.02. The van der Waals surface area contributed by atoms with Gasteiger partial charge >= 0.3 is 0 Å². The summed E-state index contributed by atoms with van der Waals surface area (Å²) in [6, 6.07) is 11.6. The van der Waals surface area contributed by atoms with E-state index in [-0.39, 0.29) is 29.0 Å². The smallest absolute Gasteiger partial charge is 0.240 e. The molecule has 0 spiro atoms. The number of halogens is 1. The lowest BCUT2D eigenvalue weighted by atomic mass is 9.82. The first-order valence-corrected chi connectivity index (χ1v) is 14.9. The highest BCUT2D eigenvalue weighted by Gasteiger charge is 2.34. The van der Waals surface area contributed by atoms with Gasteiger partial charge in [-0.2, -0.15) is 0 Å². The number of ether oxygens (including phenoxy) is 1. The van der Waals surface area contributed by atoms with Crippen molar-refractivity contribution >= 4 is 32.6 Å². The summed E-state index contributed by atoms with van der Waals surface area (Å²) < 4.78 is 46.0. The molecule has 40 heavy (non-hydrogen) atoms. The molecular formula is C30H40FN3O5S. The van der Waals surface area contributed by atoms with E-state index in [1.54, 1.807) is 60.9 Å². The van der Waals surface area contributed by atoms with Gasteiger partial charge in [0.25, 0.3) is 0 Å². The molecule has 3 rings (SSSR count). The normalized spacial score (nSPS) is 12.8. The lowest BCUT2D eigenvalue weighted by molar-refractivity contribution is -0.127. The Balaban J connectivity index is 2.34. The van der Waals surface area contributed by atoms with Gasteiger partial charge in [-0.3, -0.25) is 9.59 Å². The number of aromatic nitrogens is 1. The number of nitrogens with zero attached hydrogens (tertiary/aromatic N) is 1. The largest absolute Gasteiger partial charge is 0.463 e. The summed E-state index contributed by atoms with van der Waals surface area (Å²) in [6.07, 6.45) is 1.12. The maximum Gasteiger partial charge on any atom is 0.240 e. The van der Waals surface area contributed by atoms with Gasteiger partial charge in [-0.05, 0) is 103 Å². The van der Waals surface area contributed by atoms with E-state index in [1.807, 2.05) is 41.5 Å². The van der Waals surface area contributed by atoms with Crippen molar-refractivity contribution in [3.63, 3.8) is 0 Å². The number of carbonyl (C=O) groups is 2. The monoisotopic (exact) mass is 573 g/mol. The van der Waals surface area contributed by atoms with Gasteiger partial charge in [0, 0.05) is 22.7 Å². The van der Waals surface area contributed by atoms with Gasteiger partial charge in [-0.25, -0.2) is 12.8 Å². The minimum atomic E-state index is -3.83. The van der Waals surface area contributed by atoms with Crippen LogP contribution in [0.4, 0.5) is 4.39 Å². The predicted octanol–water partition coefficient (Wildman–Crippen LogP) is 5.12. The van der Waals surface area contributed by atoms with Crippen LogP contribution in [0.2, 0.25) is 0 Å². The van der Waals surface area contributed by atoms with Crippen LogP contribution < -0.4 is 15.4 Å². The zero-order chi connectivity index (χ0) is 30.3. The Morgan fingerprint density at radius 2 is 1.48 bits per heavy atom. The molecule has 0 radical (unpaired) electrons. The van der Waals surface area contributed by atoms with Crippen LogP contribution in [0.5, 0.6) is 5.75 Å². The molecule has 0 aliphatic heterocycles. The first-order valence-electron chi connectivity index (χ1n) is 13.0. The molecule has 8 nitrogen and oxygen atoms in total. The number of carbonyl (C=O) groups excluding carboxylic acids is 2. The van der Waals surface area contributed by atoms with Crippen molar-refractivity contribution in [3.8, 4) is 17.0 Å². The van der Waals surface area contributed by atoms with E-state index in [2.05, 4.69) is 10.6 Å². The minimum absolute atomic E-state index is 0.0408. The molecule has 0 aliphatic rings. The summed E-state index contributed by atoms with van der Waals surface area (Å²) >= 11 is 0. The lowest BCUT2D eigenvalue weighted by Crippen LogP contribution is -2.48. The van der Waals surface area contributed by atoms with Gasteiger partial charge in [0.05, 0.1) is 16.6 Å². The summed E-state index contributed by atoms with van der Waals surface area (Å²) in [7, 11) is -3.83. The van der Waals surface area contributed by atoms with E-state index in [9.17, 15) is 22.4 Å². The van der Waals surface area contributed by atoms with Crippen LogP contribution in [0, 0.1) is 0 Å². The SMILES string of the molecule is CC(C)(C)NC(=O)Cn1c(-c2ccc(OCF)cc2)c(S(C)(=O)=O)c2cc(C(C)(C)C(=O)NC(C)(C)C)ccc21. The van der Waals surface area contributed by atoms with Crippen LogP contribution in [-0.2, 0) is 31.4 Å². The number of fused-ring (bicyclic) bond motifs is 1. The van der Waals surface area contributed by atoms with Crippen LogP contribution in [0.3, 0.4) is 0 Å². The molecule has 0 aliphatic carbocycles. The Bertz CT molecular complexity index is 1530. The Kier molecular flexibility index (Phi) is 8.46. The molecular weight excluding hydrogens is 533 g/mol. The molecule has 1 heterocycles. The van der Waals surface area contributed by atoms with Crippen LogP contribution in [0.25, 0.3) is 22.2 Å². The summed E-state index contributed by atoms with van der Waals surface area (Å²) in [5.41, 5.74) is 0.0578. The second kappa shape index (κ2) is 10.9. The molecule has 3 aromatic rings. The van der Waals surface area contributed by atoms with Crippen LogP contribution >= 0.6 is 0 Å². The van der Waals surface area contributed by atoms with Gasteiger partial charge in [0.1, 0.15) is 17.2 Å². The van der Waals surface area contributed by atoms with Gasteiger partial charge < -0.3 is 19.9 Å². The first-order chi connectivity index (χ1) is 18.2. The number of hydrogen-bond acceptors (Lipinski definition) is 5. The van der Waals surface area contributed by atoms with Crippen LogP contribution in [-0.4, -0.2) is 49.0 Å². The number of alkyl halides is 1. The highest BCUT2D eigenvalue weighted by molar-refractivity contribution is 7.91. The fourth-order valence-corrected chi connectivity index (χ4v) is 5.68. The third-order valence-electron chi connectivity index (χ3n) is 6.33. The van der Waals surface area contributed by atoms with E-state index < -0.39 is 33.2 Å². The Morgan fingerprint density at radius 1 is 0.900 bits per heavy atom. The third-order valence-corrected chi connectivity index (χ3v) is 7.49. The summed E-state index contributed by atoms with van der Waals surface area (Å²) in [4.78, 5) is 26.4. The average Bonchev–Trinajstić information content (AvgIpc) is 3.11. The molecule has 2 N–H and O–H groups in total. The van der Waals surface area contributed by atoms with Crippen molar-refractivity contribution in [1.82, 2.24) is 15.2 Å². The van der Waals surface area contributed by atoms with Gasteiger partial charge in [-0.15, -0.1) is 0 Å². The van der Waals surface area contributed by atoms with Crippen molar-refractivity contribution in [1.29, 1.82) is 0 Å². The van der Waals surface area contributed by atoms with Gasteiger partial charge in [0.2, 0.25) is 18.7 Å². The van der Waals surface area contributed by atoms with Crippen molar-refractivity contribution < 1.29 is 27.1 Å². The quantitative estimate of drug-likeness (QED) is 0.389. The second-order valence-corrected chi connectivity index (χ2v) is 14.6. The highest BCUT2D eigenvalue weighted by atomic mass is 32.2. The summed E-state index contributed by atoms with van der Waals surface area (Å²) in [6.45, 7) is 13.7. The molecule has 2 amide bonds. The van der Waals surface area contributed by atoms with E-state index in [0.29, 0.717) is 27.7 Å². The second-order valence-electron chi connectivity index (χ2n) is 12.7. The topological polar surface area (TPSA) is 106 Å². The van der Waals surface area contributed by atoms with Crippen molar-refractivity contribution in [2.24, 2.45) is 0 Å². The predicted molar refractivity (Wildman–Crippen MR) is 156 cm³/mol. The van der Waals surface area contributed by atoms with E-state index in [1.165, 1.54) is 0 Å². The Labute approximate surface area is 236 Å². The number of rotatable bonds is 8. The zero-order valence-electron chi connectivity index (χ0n) is 24.7. The molecule has 0 unspecified atom stereocenters. The molecule has 0 saturated carbocycles. The molecule has 2 aromatic carbocycles. The number of sulfone groups is 1. The van der Waals surface area contributed by atoms with Crippen molar-refractivity contribution in [2.45, 2.75) is 83.3 Å². The summed E-state index contributed by atoms with van der Waals surface area (Å²) in [5.74, 6) is -0.209. The Hall–Kier alpha value is -3.40. The maximum atomic E-state index is 13.4. The van der Waals surface area contributed by atoms with Crippen LogP contribution in [0.15, 0.2) is 47.4 Å². The molecule has 1 aromatic heterocycles. The number of amides is 2. The fourth-order valence-electron chi connectivity index (χ4n) is 4.54. The lowest BCUT2D eigenvalue weighted by Gasteiger charge is -2.30. The number of benzene rings is 2. The van der Waals surface area contributed by atoms with E-state index in [0.717, 1.165) is 6.26 Å². The minimum Gasteiger partial charge on any atom is -0.463 e. The maximum absolute atomic E-state index is 13.4. The molecule has 0 saturated heterocycles. The standard InChI is InChI=1S/C30H40FN3O5S/c1-28(2,3)32-24(35)17-34-23-15-12-20(30(7,8)27(36)33-29(4,5)6)16-22(23)26(40(9,37)38)25(34)19-10-13-21(14-11-19)39-18-31/h10-16H,17-18H2,1-9H3,(H,32,35)(H,33,36). The van der Waals surface area contributed by atoms with Gasteiger partial charge in [-0.1, -0.05) is 6.07 Å². The average molecular weight is 574 g/mol. The summed E-state index contributed by atoms with van der Waals surface area (Å²) in [5, 5.41) is 6.34. The van der Waals surface area contributed by atoms with Crippen molar-refractivity contribution in [3.05, 3.63) is 48.0 Å². The molecule has 218 valence electrons. The highest BCUT2D eigenvalue weighted by Crippen LogP contribution is 2.40.